The molecular formula is C25H30N2O2. The van der Waals surface area contributed by atoms with Crippen LogP contribution in [0.3, 0.4) is 0 Å². The Morgan fingerprint density at radius 2 is 1.97 bits per heavy atom. The maximum Gasteiger partial charge on any atom is 0.246 e. The molecule has 2 aromatic carbocycles. The predicted octanol–water partition coefficient (Wildman–Crippen LogP) is 3.49. The maximum atomic E-state index is 12.8. The van der Waals surface area contributed by atoms with Crippen molar-refractivity contribution in [3.63, 3.8) is 0 Å². The zero-order valence-electron chi connectivity index (χ0n) is 17.0. The van der Waals surface area contributed by atoms with Crippen molar-refractivity contribution >= 4 is 12.0 Å². The van der Waals surface area contributed by atoms with Gasteiger partial charge >= 0.3 is 0 Å². The number of carbonyl (C=O) groups excluding carboxylic acids is 1. The van der Waals surface area contributed by atoms with Crippen LogP contribution in [0.1, 0.15) is 35.1 Å². The number of aliphatic hydroxyl groups is 1. The van der Waals surface area contributed by atoms with Crippen molar-refractivity contribution in [3.05, 3.63) is 76.9 Å². The predicted molar refractivity (Wildman–Crippen MR) is 116 cm³/mol. The highest BCUT2D eigenvalue weighted by Crippen LogP contribution is 2.32. The van der Waals surface area contributed by atoms with E-state index in [9.17, 15) is 9.90 Å². The van der Waals surface area contributed by atoms with Gasteiger partial charge in [-0.3, -0.25) is 9.69 Å². The van der Waals surface area contributed by atoms with Crippen molar-refractivity contribution in [3.8, 4) is 0 Å². The van der Waals surface area contributed by atoms with Gasteiger partial charge in [0, 0.05) is 38.8 Å². The largest absolute Gasteiger partial charge is 0.395 e. The monoisotopic (exact) mass is 390 g/mol. The Balaban J connectivity index is 1.44. The average molecular weight is 391 g/mol. The number of rotatable bonds is 8. The van der Waals surface area contributed by atoms with E-state index in [1.807, 2.05) is 36.4 Å². The summed E-state index contributed by atoms with van der Waals surface area (Å²) in [5.74, 6) is 0.853. The Bertz CT molecular complexity index is 858. The highest BCUT2D eigenvalue weighted by molar-refractivity contribution is 5.92. The van der Waals surface area contributed by atoms with Crippen LogP contribution in [-0.4, -0.2) is 47.1 Å². The van der Waals surface area contributed by atoms with Gasteiger partial charge in [-0.05, 0) is 53.5 Å². The fraction of sp³-hybridized carbons (Fsp3) is 0.400. The second-order valence-electron chi connectivity index (χ2n) is 8.22. The molecule has 29 heavy (non-hydrogen) atoms. The lowest BCUT2D eigenvalue weighted by Crippen LogP contribution is -2.32. The first-order chi connectivity index (χ1) is 14.2. The SMILES string of the molecule is O=C(/C=C/c1cccc2c1CCN(CC1CC1)C2)N(CCO)Cc1ccccc1. The first-order valence-electron chi connectivity index (χ1n) is 10.7. The number of nitrogens with zero attached hydrogens (tertiary/aromatic N) is 2. The summed E-state index contributed by atoms with van der Waals surface area (Å²) in [6, 6.07) is 16.3. The Kier molecular flexibility index (Phi) is 6.43. The summed E-state index contributed by atoms with van der Waals surface area (Å²) in [4.78, 5) is 17.0. The van der Waals surface area contributed by atoms with Crippen molar-refractivity contribution in [2.75, 3.05) is 26.2 Å². The van der Waals surface area contributed by atoms with Gasteiger partial charge in [-0.15, -0.1) is 0 Å². The van der Waals surface area contributed by atoms with Gasteiger partial charge in [0.1, 0.15) is 0 Å². The minimum atomic E-state index is -0.0633. The van der Waals surface area contributed by atoms with Crippen LogP contribution in [0.2, 0.25) is 0 Å². The summed E-state index contributed by atoms with van der Waals surface area (Å²) in [7, 11) is 0. The number of amides is 1. The Labute approximate surface area is 173 Å². The van der Waals surface area contributed by atoms with E-state index in [-0.39, 0.29) is 12.5 Å². The first kappa shape index (κ1) is 19.9. The third-order valence-corrected chi connectivity index (χ3v) is 5.90. The van der Waals surface area contributed by atoms with E-state index in [0.717, 1.165) is 36.6 Å². The second-order valence-corrected chi connectivity index (χ2v) is 8.22. The van der Waals surface area contributed by atoms with Crippen LogP contribution in [0.25, 0.3) is 6.08 Å². The highest BCUT2D eigenvalue weighted by Gasteiger charge is 2.26. The van der Waals surface area contributed by atoms with Crippen molar-refractivity contribution in [1.82, 2.24) is 9.80 Å². The molecule has 0 atom stereocenters. The van der Waals surface area contributed by atoms with E-state index < -0.39 is 0 Å². The van der Waals surface area contributed by atoms with Crippen LogP contribution >= 0.6 is 0 Å². The summed E-state index contributed by atoms with van der Waals surface area (Å²) in [6.45, 7) is 4.16. The van der Waals surface area contributed by atoms with E-state index in [0.29, 0.717) is 13.1 Å². The Morgan fingerprint density at radius 1 is 1.14 bits per heavy atom. The molecule has 4 rings (SSSR count). The molecule has 1 heterocycles. The van der Waals surface area contributed by atoms with Crippen LogP contribution in [0.4, 0.5) is 0 Å². The van der Waals surface area contributed by atoms with Gasteiger partial charge in [0.2, 0.25) is 5.91 Å². The molecule has 0 aromatic heterocycles. The summed E-state index contributed by atoms with van der Waals surface area (Å²) in [5.41, 5.74) is 4.98. The molecule has 1 N–H and O–H groups in total. The molecule has 0 radical (unpaired) electrons. The lowest BCUT2D eigenvalue weighted by Gasteiger charge is -2.29. The summed E-state index contributed by atoms with van der Waals surface area (Å²) in [5, 5.41) is 9.38. The number of aliphatic hydroxyl groups excluding tert-OH is 1. The third kappa shape index (κ3) is 5.34. The molecule has 1 saturated carbocycles. The van der Waals surface area contributed by atoms with Crippen LogP contribution in [0, 0.1) is 5.92 Å². The fourth-order valence-electron chi connectivity index (χ4n) is 4.13. The zero-order valence-corrected chi connectivity index (χ0v) is 17.0. The molecule has 0 saturated heterocycles. The highest BCUT2D eigenvalue weighted by atomic mass is 16.3. The van der Waals surface area contributed by atoms with E-state index in [1.165, 1.54) is 30.5 Å². The van der Waals surface area contributed by atoms with Crippen LogP contribution in [0.15, 0.2) is 54.6 Å². The smallest absolute Gasteiger partial charge is 0.246 e. The van der Waals surface area contributed by atoms with Gasteiger partial charge in [0.15, 0.2) is 0 Å². The molecule has 1 aliphatic heterocycles. The number of fused-ring (bicyclic) bond motifs is 1. The average Bonchev–Trinajstić information content (AvgIpc) is 3.56. The fourth-order valence-corrected chi connectivity index (χ4v) is 4.13. The molecule has 4 heteroatoms. The number of hydrogen-bond donors (Lipinski definition) is 1. The van der Waals surface area contributed by atoms with Crippen molar-refractivity contribution in [1.29, 1.82) is 0 Å². The normalized spacial score (nSPS) is 16.7. The topological polar surface area (TPSA) is 43.8 Å². The minimum absolute atomic E-state index is 0.0377. The molecule has 1 fully saturated rings. The van der Waals surface area contributed by atoms with E-state index in [4.69, 9.17) is 0 Å². The van der Waals surface area contributed by atoms with Gasteiger partial charge in [-0.2, -0.15) is 0 Å². The molecule has 1 amide bonds. The Hall–Kier alpha value is -2.43. The standard InChI is InChI=1S/C25H30N2O2/c28-16-15-27(18-20-5-2-1-3-6-20)25(29)12-11-22-7-4-8-23-19-26(14-13-24(22)23)17-21-9-10-21/h1-8,11-12,21,28H,9-10,13-19H2/b12-11+. The molecule has 4 nitrogen and oxygen atoms in total. The first-order valence-corrected chi connectivity index (χ1v) is 10.7. The van der Waals surface area contributed by atoms with E-state index in [1.54, 1.807) is 11.0 Å². The van der Waals surface area contributed by atoms with Crippen LogP contribution in [-0.2, 0) is 24.3 Å². The van der Waals surface area contributed by atoms with Crippen molar-refractivity contribution in [2.24, 2.45) is 5.92 Å². The van der Waals surface area contributed by atoms with Gasteiger partial charge in [-0.25, -0.2) is 0 Å². The molecule has 1 aliphatic carbocycles. The number of benzene rings is 2. The van der Waals surface area contributed by atoms with Gasteiger partial charge in [-0.1, -0.05) is 48.5 Å². The van der Waals surface area contributed by atoms with E-state index in [2.05, 4.69) is 23.1 Å². The van der Waals surface area contributed by atoms with Crippen molar-refractivity contribution in [2.45, 2.75) is 32.4 Å². The second kappa shape index (κ2) is 9.38. The Morgan fingerprint density at radius 3 is 2.72 bits per heavy atom. The minimum Gasteiger partial charge on any atom is -0.395 e. The third-order valence-electron chi connectivity index (χ3n) is 5.90. The lowest BCUT2D eigenvalue weighted by molar-refractivity contribution is -0.127. The van der Waals surface area contributed by atoms with Crippen LogP contribution in [0.5, 0.6) is 0 Å². The maximum absolute atomic E-state index is 12.8. The van der Waals surface area contributed by atoms with Crippen LogP contribution < -0.4 is 0 Å². The quantitative estimate of drug-likeness (QED) is 0.702. The summed E-state index contributed by atoms with van der Waals surface area (Å²) >= 11 is 0. The van der Waals surface area contributed by atoms with Crippen molar-refractivity contribution < 1.29 is 9.90 Å². The molecule has 0 bridgehead atoms. The zero-order chi connectivity index (χ0) is 20.1. The van der Waals surface area contributed by atoms with E-state index >= 15 is 0 Å². The summed E-state index contributed by atoms with van der Waals surface area (Å²) < 4.78 is 0. The molecule has 2 aromatic rings. The number of carbonyl (C=O) groups is 1. The molecular weight excluding hydrogens is 360 g/mol. The molecule has 2 aliphatic rings. The van der Waals surface area contributed by atoms with Gasteiger partial charge < -0.3 is 10.0 Å². The number of hydrogen-bond acceptors (Lipinski definition) is 3. The summed E-state index contributed by atoms with van der Waals surface area (Å²) in [6.07, 6.45) is 7.43. The van der Waals surface area contributed by atoms with Gasteiger partial charge in [0.05, 0.1) is 6.61 Å². The lowest BCUT2D eigenvalue weighted by atomic mass is 9.94. The molecule has 0 unspecified atom stereocenters. The molecule has 152 valence electrons. The molecule has 0 spiro atoms. The van der Waals surface area contributed by atoms with Gasteiger partial charge in [0.25, 0.3) is 0 Å².